The first-order valence-electron chi connectivity index (χ1n) is 10.6. The summed E-state index contributed by atoms with van der Waals surface area (Å²) in [4.78, 5) is 17.8. The van der Waals surface area contributed by atoms with Crippen molar-refractivity contribution in [3.05, 3.63) is 63.9 Å². The molecule has 1 aliphatic heterocycles. The molecule has 0 saturated carbocycles. The van der Waals surface area contributed by atoms with E-state index in [1.54, 1.807) is 6.07 Å². The van der Waals surface area contributed by atoms with Crippen molar-refractivity contribution in [2.75, 3.05) is 43.3 Å². The Hall–Kier alpha value is -2.68. The zero-order valence-electron chi connectivity index (χ0n) is 17.2. The fourth-order valence-corrected chi connectivity index (χ4v) is 5.69. The van der Waals surface area contributed by atoms with Gasteiger partial charge in [0.1, 0.15) is 0 Å². The number of benzene rings is 2. The van der Waals surface area contributed by atoms with Crippen molar-refractivity contribution in [1.82, 2.24) is 9.88 Å². The van der Waals surface area contributed by atoms with E-state index in [9.17, 15) is 13.2 Å². The fourth-order valence-electron chi connectivity index (χ4n) is 4.55. The maximum Gasteiger partial charge on any atom is 0.256 e. The summed E-state index contributed by atoms with van der Waals surface area (Å²) < 4.78 is 33.7. The standard InChI is InChI=1S/C23H25N3O4S/c27-23-18-6-2-1-5-16(18)20-15-19-17(22(20)24-23)7-3-8-21(19)25-31(28,29)14-4-9-26-10-12-30-13-11-26/h1-3,5-8,25H,4,9-15H2,(H,24,27). The number of hydrogen-bond acceptors (Lipinski definition) is 5. The van der Waals surface area contributed by atoms with Crippen LogP contribution >= 0.6 is 0 Å². The normalized spacial score (nSPS) is 16.3. The van der Waals surface area contributed by atoms with E-state index in [1.165, 1.54) is 0 Å². The lowest BCUT2D eigenvalue weighted by Crippen LogP contribution is -2.37. The van der Waals surface area contributed by atoms with Crippen LogP contribution in [0.15, 0.2) is 47.3 Å². The molecule has 0 unspecified atom stereocenters. The summed E-state index contributed by atoms with van der Waals surface area (Å²) in [5.74, 6) is 0.0702. The minimum absolute atomic E-state index is 0.0702. The van der Waals surface area contributed by atoms with Crippen LogP contribution in [0.2, 0.25) is 0 Å². The number of nitrogens with zero attached hydrogens (tertiary/aromatic N) is 1. The average molecular weight is 440 g/mol. The molecule has 31 heavy (non-hydrogen) atoms. The van der Waals surface area contributed by atoms with E-state index in [0.29, 0.717) is 37.1 Å². The Bertz CT molecular complexity index is 1290. The van der Waals surface area contributed by atoms with Crippen molar-refractivity contribution in [3.63, 3.8) is 0 Å². The topological polar surface area (TPSA) is 91.5 Å². The Morgan fingerprint density at radius 3 is 2.58 bits per heavy atom. The first-order chi connectivity index (χ1) is 15.0. The number of pyridine rings is 1. The lowest BCUT2D eigenvalue weighted by Gasteiger charge is -2.26. The predicted molar refractivity (Wildman–Crippen MR) is 122 cm³/mol. The molecule has 0 atom stereocenters. The van der Waals surface area contributed by atoms with Crippen molar-refractivity contribution in [3.8, 4) is 11.3 Å². The summed E-state index contributed by atoms with van der Waals surface area (Å²) >= 11 is 0. The number of rotatable bonds is 6. The second kappa shape index (κ2) is 8.11. The van der Waals surface area contributed by atoms with Gasteiger partial charge in [-0.3, -0.25) is 14.4 Å². The molecule has 2 aromatic carbocycles. The molecule has 1 aliphatic carbocycles. The highest BCUT2D eigenvalue weighted by Gasteiger charge is 2.26. The molecule has 1 fully saturated rings. The summed E-state index contributed by atoms with van der Waals surface area (Å²) in [5.41, 5.74) is 4.06. The van der Waals surface area contributed by atoms with E-state index < -0.39 is 10.0 Å². The largest absolute Gasteiger partial charge is 0.379 e. The first kappa shape index (κ1) is 20.2. The highest BCUT2D eigenvalue weighted by Crippen LogP contribution is 2.41. The summed E-state index contributed by atoms with van der Waals surface area (Å²) in [6.45, 7) is 3.86. The van der Waals surface area contributed by atoms with Crippen molar-refractivity contribution in [2.24, 2.45) is 0 Å². The quantitative estimate of drug-likeness (QED) is 0.482. The van der Waals surface area contributed by atoms with Crippen molar-refractivity contribution >= 4 is 26.5 Å². The third-order valence-electron chi connectivity index (χ3n) is 6.09. The number of sulfonamides is 1. The van der Waals surface area contributed by atoms with Gasteiger partial charge in [-0.2, -0.15) is 0 Å². The Balaban J connectivity index is 1.37. The maximum atomic E-state index is 12.8. The Morgan fingerprint density at radius 1 is 1.00 bits per heavy atom. The number of anilines is 1. The van der Waals surface area contributed by atoms with Crippen molar-refractivity contribution in [2.45, 2.75) is 12.8 Å². The molecule has 0 amide bonds. The summed E-state index contributed by atoms with van der Waals surface area (Å²) in [7, 11) is -3.47. The fraction of sp³-hybridized carbons (Fsp3) is 0.348. The first-order valence-corrected chi connectivity index (χ1v) is 12.2. The van der Waals surface area contributed by atoms with E-state index in [0.717, 1.165) is 47.4 Å². The average Bonchev–Trinajstić information content (AvgIpc) is 3.14. The maximum absolute atomic E-state index is 12.8. The van der Waals surface area contributed by atoms with Crippen molar-refractivity contribution in [1.29, 1.82) is 0 Å². The summed E-state index contributed by atoms with van der Waals surface area (Å²) in [6.07, 6.45) is 1.15. The number of morpholine rings is 1. The monoisotopic (exact) mass is 439 g/mol. The highest BCUT2D eigenvalue weighted by molar-refractivity contribution is 7.92. The van der Waals surface area contributed by atoms with Gasteiger partial charge in [0, 0.05) is 30.5 Å². The minimum Gasteiger partial charge on any atom is -0.379 e. The number of aromatic nitrogens is 1. The highest BCUT2D eigenvalue weighted by atomic mass is 32.2. The lowest BCUT2D eigenvalue weighted by molar-refractivity contribution is 0.0381. The summed E-state index contributed by atoms with van der Waals surface area (Å²) in [5, 5.41) is 1.57. The number of hydrogen-bond donors (Lipinski definition) is 2. The number of aromatic amines is 1. The van der Waals surface area contributed by atoms with Gasteiger partial charge in [-0.15, -0.1) is 0 Å². The molecule has 0 spiro atoms. The smallest absolute Gasteiger partial charge is 0.256 e. The molecule has 7 nitrogen and oxygen atoms in total. The molecule has 8 heteroatoms. The molecule has 2 N–H and O–H groups in total. The SMILES string of the molecule is O=c1[nH]c2c(c3ccccc13)Cc1c(NS(=O)(=O)CCCN3CCOCC3)cccc1-2. The van der Waals surface area contributed by atoms with E-state index in [4.69, 9.17) is 4.74 Å². The second-order valence-corrected chi connectivity index (χ2v) is 9.93. The molecular weight excluding hydrogens is 414 g/mol. The van der Waals surface area contributed by atoms with Crippen LogP contribution in [-0.2, 0) is 21.2 Å². The molecule has 0 bridgehead atoms. The molecule has 2 aliphatic rings. The van der Waals surface area contributed by atoms with Crippen LogP contribution in [0.3, 0.4) is 0 Å². The summed E-state index contributed by atoms with van der Waals surface area (Å²) in [6, 6.07) is 13.1. The van der Waals surface area contributed by atoms with Gasteiger partial charge >= 0.3 is 0 Å². The van der Waals surface area contributed by atoms with E-state index in [-0.39, 0.29) is 11.3 Å². The number of ether oxygens (including phenoxy) is 1. The van der Waals surface area contributed by atoms with Crippen LogP contribution in [0.5, 0.6) is 0 Å². The van der Waals surface area contributed by atoms with Crippen LogP contribution in [0, 0.1) is 0 Å². The van der Waals surface area contributed by atoms with Crippen LogP contribution in [-0.4, -0.2) is 56.9 Å². The Morgan fingerprint density at radius 2 is 1.77 bits per heavy atom. The molecule has 3 aromatic rings. The zero-order valence-corrected chi connectivity index (χ0v) is 18.0. The second-order valence-electron chi connectivity index (χ2n) is 8.09. The minimum atomic E-state index is -3.47. The number of fused-ring (bicyclic) bond motifs is 5. The van der Waals surface area contributed by atoms with E-state index in [2.05, 4.69) is 14.6 Å². The van der Waals surface area contributed by atoms with Gasteiger partial charge in [-0.25, -0.2) is 8.42 Å². The third-order valence-corrected chi connectivity index (χ3v) is 7.45. The third kappa shape index (κ3) is 3.98. The van der Waals surface area contributed by atoms with Crippen LogP contribution in [0.4, 0.5) is 5.69 Å². The lowest BCUT2D eigenvalue weighted by atomic mass is 10.0. The Kier molecular flexibility index (Phi) is 5.29. The van der Waals surface area contributed by atoms with Gasteiger partial charge in [0.25, 0.3) is 5.56 Å². The Labute approximate surface area is 181 Å². The molecule has 0 radical (unpaired) electrons. The van der Waals surface area contributed by atoms with Gasteiger partial charge in [0.2, 0.25) is 10.0 Å². The number of nitrogens with one attached hydrogen (secondary N) is 2. The molecule has 1 saturated heterocycles. The molecule has 162 valence electrons. The van der Waals surface area contributed by atoms with Gasteiger partial charge in [-0.1, -0.05) is 30.3 Å². The van der Waals surface area contributed by atoms with Crippen LogP contribution < -0.4 is 10.3 Å². The molecule has 2 heterocycles. The van der Waals surface area contributed by atoms with Gasteiger partial charge in [0.15, 0.2) is 0 Å². The van der Waals surface area contributed by atoms with Gasteiger partial charge in [-0.05, 0) is 41.6 Å². The molecule has 1 aromatic heterocycles. The van der Waals surface area contributed by atoms with Gasteiger partial charge in [0.05, 0.1) is 30.3 Å². The van der Waals surface area contributed by atoms with Gasteiger partial charge < -0.3 is 9.72 Å². The van der Waals surface area contributed by atoms with E-state index >= 15 is 0 Å². The van der Waals surface area contributed by atoms with Crippen molar-refractivity contribution < 1.29 is 13.2 Å². The van der Waals surface area contributed by atoms with E-state index in [1.807, 2.05) is 36.4 Å². The molecular formula is C23H25N3O4S. The predicted octanol–water partition coefficient (Wildman–Crippen LogP) is 2.56. The van der Waals surface area contributed by atoms with Crippen LogP contribution in [0.25, 0.3) is 22.0 Å². The molecule has 5 rings (SSSR count). The zero-order chi connectivity index (χ0) is 21.4. The number of H-pyrrole nitrogens is 1. The van der Waals surface area contributed by atoms with Crippen LogP contribution in [0.1, 0.15) is 17.5 Å².